The highest BCUT2D eigenvalue weighted by molar-refractivity contribution is 5.75. The number of amides is 2. The van der Waals surface area contributed by atoms with Crippen LogP contribution in [0.2, 0.25) is 0 Å². The van der Waals surface area contributed by atoms with Crippen molar-refractivity contribution in [1.29, 1.82) is 0 Å². The molecule has 0 spiro atoms. The van der Waals surface area contributed by atoms with Gasteiger partial charge in [-0.3, -0.25) is 4.90 Å². The molecule has 0 unspecified atom stereocenters. The molecule has 2 aliphatic rings. The Bertz CT molecular complexity index is 847. The number of likely N-dealkylation sites (tertiary alicyclic amines) is 2. The number of aryl methyl sites for hydroxylation is 2. The molecule has 2 aliphatic heterocycles. The molecule has 2 amide bonds. The fourth-order valence-electron chi connectivity index (χ4n) is 4.91. The lowest BCUT2D eigenvalue weighted by molar-refractivity contribution is 0.151. The van der Waals surface area contributed by atoms with Gasteiger partial charge in [-0.2, -0.15) is 5.10 Å². The number of urea groups is 1. The van der Waals surface area contributed by atoms with Gasteiger partial charge in [-0.15, -0.1) is 0 Å². The van der Waals surface area contributed by atoms with Crippen molar-refractivity contribution in [3.63, 3.8) is 0 Å². The Morgan fingerprint density at radius 3 is 2.71 bits per heavy atom. The summed E-state index contributed by atoms with van der Waals surface area (Å²) in [6, 6.07) is 8.74. The Morgan fingerprint density at radius 2 is 2.00 bits per heavy atom. The summed E-state index contributed by atoms with van der Waals surface area (Å²) in [4.78, 5) is 23.6. The van der Waals surface area contributed by atoms with Crippen LogP contribution in [0.4, 0.5) is 4.79 Å². The molecule has 0 bridgehead atoms. The van der Waals surface area contributed by atoms with Crippen molar-refractivity contribution >= 4 is 6.03 Å². The lowest BCUT2D eigenvalue weighted by Crippen LogP contribution is -2.41. The fraction of sp³-hybridized carbons (Fsp3) is 0.571. The minimum Gasteiger partial charge on any atom is -0.331 e. The lowest BCUT2D eigenvalue weighted by atomic mass is 9.88. The second-order valence-electron chi connectivity index (χ2n) is 8.24. The largest absolute Gasteiger partial charge is 0.331 e. The average molecular weight is 383 g/mol. The number of rotatable bonds is 4. The third kappa shape index (κ3) is 3.28. The van der Waals surface area contributed by atoms with Crippen LogP contribution in [0.25, 0.3) is 0 Å². The van der Waals surface area contributed by atoms with E-state index >= 15 is 0 Å². The second-order valence-corrected chi connectivity index (χ2v) is 8.24. The van der Waals surface area contributed by atoms with Gasteiger partial charge < -0.3 is 9.80 Å². The number of hydrogen-bond donors (Lipinski definition) is 0. The summed E-state index contributed by atoms with van der Waals surface area (Å²) in [5.41, 5.74) is 2.54. The zero-order chi connectivity index (χ0) is 19.8. The predicted octanol–water partition coefficient (Wildman–Crippen LogP) is 2.39. The number of benzene rings is 1. The summed E-state index contributed by atoms with van der Waals surface area (Å²) >= 11 is 0. The van der Waals surface area contributed by atoms with Gasteiger partial charge in [0.15, 0.2) is 0 Å². The third-order valence-electron chi connectivity index (χ3n) is 6.24. The van der Waals surface area contributed by atoms with Crippen molar-refractivity contribution in [2.75, 3.05) is 33.7 Å². The van der Waals surface area contributed by atoms with Gasteiger partial charge in [0, 0.05) is 46.2 Å². The number of hydrogen-bond acceptors (Lipinski definition) is 4. The predicted molar refractivity (Wildman–Crippen MR) is 108 cm³/mol. The van der Waals surface area contributed by atoms with Crippen molar-refractivity contribution in [1.82, 2.24) is 29.5 Å². The lowest BCUT2D eigenvalue weighted by Gasteiger charge is -2.32. The van der Waals surface area contributed by atoms with Gasteiger partial charge in [0.1, 0.15) is 12.2 Å². The molecule has 0 saturated carbocycles. The van der Waals surface area contributed by atoms with Crippen LogP contribution in [0.3, 0.4) is 0 Å². The SMILES string of the molecule is CCn1ncnc1CN1C[C@@H]2CN(C(=O)N(C)C)[C@@H](c3ccccc3C)[C@@H]2C1. The summed E-state index contributed by atoms with van der Waals surface area (Å²) in [5, 5.41) is 4.30. The summed E-state index contributed by atoms with van der Waals surface area (Å²) < 4.78 is 1.97. The Balaban J connectivity index is 1.59. The smallest absolute Gasteiger partial charge is 0.320 e. The fourth-order valence-corrected chi connectivity index (χ4v) is 4.91. The van der Waals surface area contributed by atoms with Gasteiger partial charge in [0.05, 0.1) is 12.6 Å². The van der Waals surface area contributed by atoms with E-state index in [1.165, 1.54) is 11.1 Å². The van der Waals surface area contributed by atoms with E-state index in [1.807, 2.05) is 18.8 Å². The molecule has 150 valence electrons. The van der Waals surface area contributed by atoms with Crippen molar-refractivity contribution in [3.8, 4) is 0 Å². The summed E-state index contributed by atoms with van der Waals surface area (Å²) in [6.45, 7) is 8.71. The molecule has 0 radical (unpaired) electrons. The maximum atomic E-state index is 12.9. The molecule has 0 N–H and O–H groups in total. The topological polar surface area (TPSA) is 57.5 Å². The molecule has 28 heavy (non-hydrogen) atoms. The van der Waals surface area contributed by atoms with Crippen LogP contribution >= 0.6 is 0 Å². The number of carbonyl (C=O) groups is 1. The van der Waals surface area contributed by atoms with Gasteiger partial charge >= 0.3 is 6.03 Å². The first-order valence-electron chi connectivity index (χ1n) is 10.1. The van der Waals surface area contributed by atoms with Crippen LogP contribution in [-0.4, -0.2) is 69.2 Å². The Hall–Kier alpha value is -2.41. The van der Waals surface area contributed by atoms with Crippen LogP contribution in [0, 0.1) is 18.8 Å². The molecule has 3 atom stereocenters. The van der Waals surface area contributed by atoms with Crippen LogP contribution < -0.4 is 0 Å². The van der Waals surface area contributed by atoms with Gasteiger partial charge in [-0.05, 0) is 30.9 Å². The standard InChI is InChI=1S/C21H30N6O/c1-5-27-19(22-14-23-27)13-25-10-16-11-26(21(28)24(3)4)20(18(16)12-25)17-9-7-6-8-15(17)2/h6-9,14,16,18,20H,5,10-13H2,1-4H3/t16-,18-,20+/m1/s1. The molecule has 1 aromatic carbocycles. The zero-order valence-electron chi connectivity index (χ0n) is 17.2. The highest BCUT2D eigenvalue weighted by Gasteiger charge is 2.49. The molecule has 2 fully saturated rings. The number of aromatic nitrogens is 3. The molecule has 2 aromatic rings. The van der Waals surface area contributed by atoms with Gasteiger partial charge in [-0.1, -0.05) is 24.3 Å². The van der Waals surface area contributed by atoms with E-state index < -0.39 is 0 Å². The Kier molecular flexibility index (Phi) is 5.10. The molecule has 7 heteroatoms. The maximum absolute atomic E-state index is 12.9. The van der Waals surface area contributed by atoms with Crippen LogP contribution in [0.1, 0.15) is 29.9 Å². The Labute approximate surface area is 166 Å². The third-order valence-corrected chi connectivity index (χ3v) is 6.24. The molecule has 0 aliphatic carbocycles. The molecular formula is C21H30N6O. The first kappa shape index (κ1) is 18.9. The van der Waals surface area contributed by atoms with Crippen molar-refractivity contribution < 1.29 is 4.79 Å². The highest BCUT2D eigenvalue weighted by Crippen LogP contribution is 2.46. The minimum atomic E-state index is 0.111. The maximum Gasteiger partial charge on any atom is 0.320 e. The first-order chi connectivity index (χ1) is 13.5. The van der Waals surface area contributed by atoms with Crippen molar-refractivity contribution in [2.24, 2.45) is 11.8 Å². The molecular weight excluding hydrogens is 352 g/mol. The van der Waals surface area contributed by atoms with Crippen molar-refractivity contribution in [2.45, 2.75) is 33.0 Å². The van der Waals surface area contributed by atoms with E-state index in [4.69, 9.17) is 0 Å². The van der Waals surface area contributed by atoms with E-state index in [-0.39, 0.29) is 12.1 Å². The van der Waals surface area contributed by atoms with E-state index in [1.54, 1.807) is 11.2 Å². The summed E-state index contributed by atoms with van der Waals surface area (Å²) in [5.74, 6) is 1.96. The van der Waals surface area contributed by atoms with Crippen LogP contribution in [0.15, 0.2) is 30.6 Å². The van der Waals surface area contributed by atoms with E-state index in [9.17, 15) is 4.79 Å². The highest BCUT2D eigenvalue weighted by atomic mass is 16.2. The Morgan fingerprint density at radius 1 is 1.21 bits per heavy atom. The molecule has 3 heterocycles. The van der Waals surface area contributed by atoms with E-state index in [0.717, 1.165) is 38.5 Å². The normalized spacial score (nSPS) is 24.6. The summed E-state index contributed by atoms with van der Waals surface area (Å²) in [6.07, 6.45) is 1.64. The van der Waals surface area contributed by atoms with Crippen LogP contribution in [-0.2, 0) is 13.1 Å². The molecule has 2 saturated heterocycles. The van der Waals surface area contributed by atoms with Crippen LogP contribution in [0.5, 0.6) is 0 Å². The van der Waals surface area contributed by atoms with Gasteiger partial charge in [-0.25, -0.2) is 14.5 Å². The second kappa shape index (κ2) is 7.54. The van der Waals surface area contributed by atoms with E-state index in [0.29, 0.717) is 11.8 Å². The minimum absolute atomic E-state index is 0.111. The zero-order valence-corrected chi connectivity index (χ0v) is 17.2. The molecule has 7 nitrogen and oxygen atoms in total. The average Bonchev–Trinajstić information content (AvgIpc) is 3.36. The monoisotopic (exact) mass is 382 g/mol. The van der Waals surface area contributed by atoms with Crippen molar-refractivity contribution in [3.05, 3.63) is 47.5 Å². The number of carbonyl (C=O) groups excluding carboxylic acids is 1. The molecule has 1 aromatic heterocycles. The van der Waals surface area contributed by atoms with E-state index in [2.05, 4.69) is 58.0 Å². The summed E-state index contributed by atoms with van der Waals surface area (Å²) in [7, 11) is 3.68. The van der Waals surface area contributed by atoms with Gasteiger partial charge in [0.2, 0.25) is 0 Å². The number of fused-ring (bicyclic) bond motifs is 1. The number of nitrogens with zero attached hydrogens (tertiary/aromatic N) is 6. The first-order valence-corrected chi connectivity index (χ1v) is 10.1. The molecule has 4 rings (SSSR count). The van der Waals surface area contributed by atoms with Gasteiger partial charge in [0.25, 0.3) is 0 Å². The quantitative estimate of drug-likeness (QED) is 0.815.